The summed E-state index contributed by atoms with van der Waals surface area (Å²) in [5.41, 5.74) is 1.48. The van der Waals surface area contributed by atoms with Gasteiger partial charge in [-0.05, 0) is 19.1 Å². The molecule has 1 heterocycles. The van der Waals surface area contributed by atoms with E-state index >= 15 is 0 Å². The monoisotopic (exact) mass is 266 g/mol. The number of hydrogen-bond acceptors (Lipinski definition) is 2. The van der Waals surface area contributed by atoms with Gasteiger partial charge in [0, 0.05) is 29.7 Å². The number of halogens is 2. The van der Waals surface area contributed by atoms with E-state index in [1.54, 1.807) is 24.7 Å². The van der Waals surface area contributed by atoms with Crippen molar-refractivity contribution in [2.75, 3.05) is 0 Å². The number of aryl methyl sites for hydroxylation is 1. The number of hydrogen-bond donors (Lipinski definition) is 0. The van der Waals surface area contributed by atoms with Crippen LogP contribution in [0.1, 0.15) is 21.6 Å². The lowest BCUT2D eigenvalue weighted by Gasteiger charge is -2.05. The lowest BCUT2D eigenvalue weighted by Crippen LogP contribution is -2.07. The van der Waals surface area contributed by atoms with Gasteiger partial charge in [0.05, 0.1) is 11.8 Å². The van der Waals surface area contributed by atoms with Crippen LogP contribution in [-0.4, -0.2) is 15.6 Å². The Balaban J connectivity index is 2.30. The Morgan fingerprint density at radius 3 is 2.78 bits per heavy atom. The zero-order valence-corrected chi connectivity index (χ0v) is 10.8. The maximum absolute atomic E-state index is 13.6. The standard InChI is InChI=1S/C13H12ClFN2O/c1-8-10(7-16-17(8)2)13(18)6-9-11(14)4-3-5-12(9)15/h3-5,7H,6H2,1-2H3. The molecule has 0 radical (unpaired) electrons. The molecule has 18 heavy (non-hydrogen) atoms. The number of rotatable bonds is 3. The highest BCUT2D eigenvalue weighted by atomic mass is 35.5. The third-order valence-electron chi connectivity index (χ3n) is 2.93. The van der Waals surface area contributed by atoms with E-state index in [1.165, 1.54) is 18.3 Å². The summed E-state index contributed by atoms with van der Waals surface area (Å²) in [6.45, 7) is 1.79. The smallest absolute Gasteiger partial charge is 0.170 e. The predicted molar refractivity (Wildman–Crippen MR) is 67.4 cm³/mol. The normalized spacial score (nSPS) is 10.7. The van der Waals surface area contributed by atoms with Crippen molar-refractivity contribution < 1.29 is 9.18 Å². The molecule has 0 spiro atoms. The van der Waals surface area contributed by atoms with Crippen LogP contribution < -0.4 is 0 Å². The van der Waals surface area contributed by atoms with Gasteiger partial charge in [0.15, 0.2) is 5.78 Å². The van der Waals surface area contributed by atoms with Crippen molar-refractivity contribution in [3.63, 3.8) is 0 Å². The molecule has 0 unspecified atom stereocenters. The topological polar surface area (TPSA) is 34.9 Å². The second-order valence-electron chi connectivity index (χ2n) is 4.07. The van der Waals surface area contributed by atoms with Crippen LogP contribution in [0.3, 0.4) is 0 Å². The molecule has 0 atom stereocenters. The summed E-state index contributed by atoms with van der Waals surface area (Å²) < 4.78 is 15.2. The highest BCUT2D eigenvalue weighted by molar-refractivity contribution is 6.31. The van der Waals surface area contributed by atoms with Crippen LogP contribution in [0.4, 0.5) is 4.39 Å². The molecule has 1 aromatic carbocycles. The van der Waals surface area contributed by atoms with Crippen LogP contribution in [-0.2, 0) is 13.5 Å². The van der Waals surface area contributed by atoms with Crippen molar-refractivity contribution in [1.82, 2.24) is 9.78 Å². The van der Waals surface area contributed by atoms with Gasteiger partial charge in [-0.3, -0.25) is 9.48 Å². The average molecular weight is 267 g/mol. The van der Waals surface area contributed by atoms with Crippen molar-refractivity contribution in [2.24, 2.45) is 7.05 Å². The first-order valence-corrected chi connectivity index (χ1v) is 5.83. The lowest BCUT2D eigenvalue weighted by atomic mass is 10.0. The summed E-state index contributed by atoms with van der Waals surface area (Å²) in [6, 6.07) is 4.38. The Morgan fingerprint density at radius 2 is 2.22 bits per heavy atom. The van der Waals surface area contributed by atoms with E-state index in [4.69, 9.17) is 11.6 Å². The van der Waals surface area contributed by atoms with Gasteiger partial charge in [0.1, 0.15) is 5.82 Å². The number of ketones is 1. The largest absolute Gasteiger partial charge is 0.294 e. The lowest BCUT2D eigenvalue weighted by molar-refractivity contribution is 0.0991. The molecule has 0 N–H and O–H groups in total. The maximum Gasteiger partial charge on any atom is 0.170 e. The molecule has 3 nitrogen and oxygen atoms in total. The number of benzene rings is 1. The predicted octanol–water partition coefficient (Wildman–Crippen LogP) is 2.95. The molecule has 0 aliphatic rings. The van der Waals surface area contributed by atoms with Gasteiger partial charge in [-0.1, -0.05) is 17.7 Å². The van der Waals surface area contributed by atoms with E-state index in [0.717, 1.165) is 5.69 Å². The van der Waals surface area contributed by atoms with Crippen molar-refractivity contribution >= 4 is 17.4 Å². The first-order valence-electron chi connectivity index (χ1n) is 5.45. The van der Waals surface area contributed by atoms with Gasteiger partial charge in [-0.15, -0.1) is 0 Å². The summed E-state index contributed by atoms with van der Waals surface area (Å²) >= 11 is 5.89. The Labute approximate surface area is 109 Å². The Morgan fingerprint density at radius 1 is 1.50 bits per heavy atom. The highest BCUT2D eigenvalue weighted by Gasteiger charge is 2.17. The molecule has 0 saturated heterocycles. The Kier molecular flexibility index (Phi) is 3.48. The minimum Gasteiger partial charge on any atom is -0.294 e. The summed E-state index contributed by atoms with van der Waals surface area (Å²) in [6.07, 6.45) is 1.43. The number of carbonyl (C=O) groups is 1. The van der Waals surface area contributed by atoms with E-state index in [0.29, 0.717) is 5.56 Å². The van der Waals surface area contributed by atoms with Gasteiger partial charge in [-0.25, -0.2) is 4.39 Å². The van der Waals surface area contributed by atoms with Crippen LogP contribution >= 0.6 is 11.6 Å². The number of nitrogens with zero attached hydrogens (tertiary/aromatic N) is 2. The van der Waals surface area contributed by atoms with Crippen LogP contribution in [0.5, 0.6) is 0 Å². The van der Waals surface area contributed by atoms with E-state index in [9.17, 15) is 9.18 Å². The Bertz CT molecular complexity index is 587. The second kappa shape index (κ2) is 4.90. The van der Waals surface area contributed by atoms with Gasteiger partial charge in [-0.2, -0.15) is 5.10 Å². The maximum atomic E-state index is 13.6. The van der Waals surface area contributed by atoms with Crippen LogP contribution in [0, 0.1) is 12.7 Å². The summed E-state index contributed by atoms with van der Waals surface area (Å²) in [5.74, 6) is -0.648. The molecule has 0 aliphatic carbocycles. The number of Topliss-reactive ketones (excluding diaryl/α,β-unsaturated/α-hetero) is 1. The Hall–Kier alpha value is -1.68. The zero-order valence-electron chi connectivity index (χ0n) is 10.1. The minimum absolute atomic E-state index is 0.0575. The minimum atomic E-state index is -0.461. The van der Waals surface area contributed by atoms with Gasteiger partial charge < -0.3 is 0 Å². The molecule has 0 fully saturated rings. The van der Waals surface area contributed by atoms with E-state index in [-0.39, 0.29) is 22.8 Å². The average Bonchev–Trinajstić information content (AvgIpc) is 2.65. The van der Waals surface area contributed by atoms with Crippen LogP contribution in [0.25, 0.3) is 0 Å². The fourth-order valence-corrected chi connectivity index (χ4v) is 1.96. The summed E-state index contributed by atoms with van der Waals surface area (Å²) in [7, 11) is 1.75. The van der Waals surface area contributed by atoms with Crippen molar-refractivity contribution in [3.05, 3.63) is 52.1 Å². The molecule has 94 valence electrons. The van der Waals surface area contributed by atoms with E-state index < -0.39 is 5.82 Å². The first kappa shape index (κ1) is 12.8. The molecule has 0 bridgehead atoms. The highest BCUT2D eigenvalue weighted by Crippen LogP contribution is 2.21. The van der Waals surface area contributed by atoms with Crippen molar-refractivity contribution in [3.8, 4) is 0 Å². The second-order valence-corrected chi connectivity index (χ2v) is 4.47. The number of carbonyl (C=O) groups excluding carboxylic acids is 1. The quantitative estimate of drug-likeness (QED) is 0.801. The fourth-order valence-electron chi connectivity index (χ4n) is 1.73. The molecular weight excluding hydrogens is 255 g/mol. The van der Waals surface area contributed by atoms with Crippen LogP contribution in [0.2, 0.25) is 5.02 Å². The SMILES string of the molecule is Cc1c(C(=O)Cc2c(F)cccc2Cl)cnn1C. The molecule has 5 heteroatoms. The number of aromatic nitrogens is 2. The molecule has 1 aromatic heterocycles. The third-order valence-corrected chi connectivity index (χ3v) is 3.29. The third kappa shape index (κ3) is 2.29. The van der Waals surface area contributed by atoms with E-state index in [1.807, 2.05) is 0 Å². The molecule has 0 aliphatic heterocycles. The van der Waals surface area contributed by atoms with E-state index in [2.05, 4.69) is 5.10 Å². The van der Waals surface area contributed by atoms with Crippen LogP contribution in [0.15, 0.2) is 24.4 Å². The zero-order chi connectivity index (χ0) is 13.3. The molecule has 2 rings (SSSR count). The van der Waals surface area contributed by atoms with Gasteiger partial charge in [0.2, 0.25) is 0 Å². The van der Waals surface area contributed by atoms with Crippen molar-refractivity contribution in [1.29, 1.82) is 0 Å². The molecular formula is C13H12ClFN2O. The summed E-state index contributed by atoms with van der Waals surface area (Å²) in [5, 5.41) is 4.26. The molecule has 0 amide bonds. The molecule has 0 saturated carbocycles. The van der Waals surface area contributed by atoms with Gasteiger partial charge >= 0.3 is 0 Å². The first-order chi connectivity index (χ1) is 8.50. The van der Waals surface area contributed by atoms with Crippen molar-refractivity contribution in [2.45, 2.75) is 13.3 Å². The van der Waals surface area contributed by atoms with Gasteiger partial charge in [0.25, 0.3) is 0 Å². The fraction of sp³-hybridized carbons (Fsp3) is 0.231. The molecule has 2 aromatic rings. The summed E-state index contributed by atoms with van der Waals surface area (Å²) in [4.78, 5) is 12.1.